The van der Waals surface area contributed by atoms with Crippen molar-refractivity contribution in [2.24, 2.45) is 10.8 Å². The molecule has 12 nitrogen and oxygen atoms in total. The smallest absolute Gasteiger partial charge is 0.255 e. The number of ether oxygens (including phenoxy) is 2. The molecule has 3 aliphatic heterocycles. The molecule has 1 aliphatic carbocycles. The lowest BCUT2D eigenvalue weighted by molar-refractivity contribution is -0.164. The zero-order valence-electron chi connectivity index (χ0n) is 34.5. The Morgan fingerprint density at radius 1 is 0.949 bits per heavy atom. The van der Waals surface area contributed by atoms with Crippen LogP contribution >= 0.6 is 11.6 Å². The summed E-state index contributed by atoms with van der Waals surface area (Å²) in [5.74, 6) is -0.294. The molecule has 13 heteroatoms. The van der Waals surface area contributed by atoms with Gasteiger partial charge in [-0.1, -0.05) is 57.8 Å². The summed E-state index contributed by atoms with van der Waals surface area (Å²) in [4.78, 5) is 57.0. The number of anilines is 1. The number of halogens is 1. The van der Waals surface area contributed by atoms with Gasteiger partial charge in [0.05, 0.1) is 17.2 Å². The summed E-state index contributed by atoms with van der Waals surface area (Å²) in [7, 11) is 0. The highest BCUT2D eigenvalue weighted by Gasteiger charge is 2.64. The molecule has 0 aromatic heterocycles. The summed E-state index contributed by atoms with van der Waals surface area (Å²) in [6.07, 6.45) is 4.30. The van der Waals surface area contributed by atoms with Crippen molar-refractivity contribution in [2.75, 3.05) is 50.8 Å². The minimum Gasteiger partial charge on any atom is -0.489 e. The lowest BCUT2D eigenvalue weighted by Crippen LogP contribution is -2.74. The molecule has 3 aromatic rings. The van der Waals surface area contributed by atoms with Crippen molar-refractivity contribution in [3.63, 3.8) is 0 Å². The summed E-state index contributed by atoms with van der Waals surface area (Å²) in [5.41, 5.74) is 4.28. The maximum atomic E-state index is 13.4. The molecule has 0 radical (unpaired) electrons. The fourth-order valence-electron chi connectivity index (χ4n) is 9.74. The van der Waals surface area contributed by atoms with Gasteiger partial charge < -0.3 is 24.6 Å². The number of fused-ring (bicyclic) bond motifs is 1. The van der Waals surface area contributed by atoms with Crippen LogP contribution in [-0.2, 0) is 27.3 Å². The number of piperazine rings is 1. The van der Waals surface area contributed by atoms with Crippen molar-refractivity contribution in [2.45, 2.75) is 91.0 Å². The Morgan fingerprint density at radius 2 is 1.69 bits per heavy atom. The normalized spacial score (nSPS) is 22.3. The molecule has 3 fully saturated rings. The number of amides is 4. The van der Waals surface area contributed by atoms with E-state index in [4.69, 9.17) is 21.1 Å². The Bertz CT molecular complexity index is 2090. The maximum absolute atomic E-state index is 13.4. The molecule has 312 valence electrons. The minimum absolute atomic E-state index is 0.107. The van der Waals surface area contributed by atoms with Gasteiger partial charge in [0.1, 0.15) is 24.0 Å². The Balaban J connectivity index is 0.778. The van der Waals surface area contributed by atoms with Gasteiger partial charge in [-0.15, -0.1) is 0 Å². The van der Waals surface area contributed by atoms with E-state index < -0.39 is 6.04 Å². The molecule has 0 spiro atoms. The second kappa shape index (κ2) is 17.7. The summed E-state index contributed by atoms with van der Waals surface area (Å²) < 4.78 is 12.4. The average Bonchev–Trinajstić information content (AvgIpc) is 3.56. The Morgan fingerprint density at radius 3 is 2.39 bits per heavy atom. The molecule has 2 N–H and O–H groups in total. The van der Waals surface area contributed by atoms with Crippen molar-refractivity contribution < 1.29 is 28.7 Å². The third-order valence-corrected chi connectivity index (χ3v) is 13.1. The first kappa shape index (κ1) is 42.2. The first-order chi connectivity index (χ1) is 28.3. The van der Waals surface area contributed by atoms with Gasteiger partial charge in [0.2, 0.25) is 11.8 Å². The summed E-state index contributed by atoms with van der Waals surface area (Å²) in [5, 5.41) is 15.2. The van der Waals surface area contributed by atoms with Gasteiger partial charge >= 0.3 is 0 Å². The van der Waals surface area contributed by atoms with Gasteiger partial charge in [-0.25, -0.2) is 0 Å². The molecule has 3 aromatic carbocycles. The first-order valence-corrected chi connectivity index (χ1v) is 21.2. The van der Waals surface area contributed by atoms with Crippen molar-refractivity contribution in [3.8, 4) is 11.8 Å². The highest BCUT2D eigenvalue weighted by Crippen LogP contribution is 2.55. The minimum atomic E-state index is -0.596. The molecule has 4 amide bonds. The van der Waals surface area contributed by atoms with Crippen LogP contribution in [0.15, 0.2) is 60.7 Å². The Labute approximate surface area is 352 Å². The molecular formula is C46H55ClN6O6. The number of imide groups is 1. The summed E-state index contributed by atoms with van der Waals surface area (Å²) in [6, 6.07) is 20.2. The van der Waals surface area contributed by atoms with Crippen LogP contribution in [0, 0.1) is 22.2 Å². The number of unbranched alkanes of at least 4 members (excludes halogenated alkanes) is 2. The zero-order chi connectivity index (χ0) is 41.9. The second-order valence-electron chi connectivity index (χ2n) is 17.4. The fourth-order valence-corrected chi connectivity index (χ4v) is 9.95. The van der Waals surface area contributed by atoms with Crippen molar-refractivity contribution in [1.29, 1.82) is 5.26 Å². The van der Waals surface area contributed by atoms with Gasteiger partial charge in [0, 0.05) is 92.0 Å². The van der Waals surface area contributed by atoms with Crippen LogP contribution in [0.4, 0.5) is 5.69 Å². The van der Waals surface area contributed by atoms with Crippen LogP contribution in [0.3, 0.4) is 0 Å². The third-order valence-electron chi connectivity index (χ3n) is 12.8. The molecule has 3 heterocycles. The molecule has 4 aliphatic rings. The van der Waals surface area contributed by atoms with Crippen molar-refractivity contribution >= 4 is 40.9 Å². The second-order valence-corrected chi connectivity index (χ2v) is 17.8. The number of hydrogen-bond acceptors (Lipinski definition) is 9. The Kier molecular flexibility index (Phi) is 12.7. The number of piperidine rings is 1. The van der Waals surface area contributed by atoms with Gasteiger partial charge in [-0.3, -0.25) is 29.4 Å². The van der Waals surface area contributed by atoms with Gasteiger partial charge in [-0.05, 0) is 79.3 Å². The van der Waals surface area contributed by atoms with Crippen molar-refractivity contribution in [3.05, 3.63) is 93.5 Å². The van der Waals surface area contributed by atoms with Gasteiger partial charge in [0.15, 0.2) is 0 Å². The molecule has 0 unspecified atom stereocenters. The molecule has 59 heavy (non-hydrogen) atoms. The third kappa shape index (κ3) is 8.98. The molecule has 0 bridgehead atoms. The number of carbonyl (C=O) groups excluding carboxylic acids is 4. The SMILES string of the molecule is CC1(C)C(NC(=O)c2ccc(N3CCN(CCOCCCCCc4cccc5c4CN([C@@H]4CCC(=O)NC4=O)C5=O)CC3)cc2)C(C)(C)C1Oc1ccc(C#N)c(Cl)c1. The topological polar surface area (TPSA) is 144 Å². The van der Waals surface area contributed by atoms with Crippen LogP contribution in [0.5, 0.6) is 5.75 Å². The lowest BCUT2D eigenvalue weighted by atomic mass is 9.49. The van der Waals surface area contributed by atoms with Crippen molar-refractivity contribution in [1.82, 2.24) is 20.4 Å². The predicted octanol–water partition coefficient (Wildman–Crippen LogP) is 6.14. The molecule has 7 rings (SSSR count). The number of hydrogen-bond donors (Lipinski definition) is 2. The fraction of sp³-hybridized carbons (Fsp3) is 0.500. The van der Waals surface area contributed by atoms with E-state index in [0.717, 1.165) is 75.2 Å². The van der Waals surface area contributed by atoms with E-state index in [1.165, 1.54) is 0 Å². The monoisotopic (exact) mass is 822 g/mol. The number of carbonyl (C=O) groups is 4. The highest BCUT2D eigenvalue weighted by atomic mass is 35.5. The van der Waals surface area contributed by atoms with Crippen LogP contribution < -0.4 is 20.3 Å². The number of nitriles is 1. The van der Waals surface area contributed by atoms with E-state index >= 15 is 0 Å². The van der Waals surface area contributed by atoms with E-state index in [1.807, 2.05) is 36.4 Å². The largest absolute Gasteiger partial charge is 0.489 e. The number of rotatable bonds is 15. The maximum Gasteiger partial charge on any atom is 0.255 e. The molecule has 2 saturated heterocycles. The van der Waals surface area contributed by atoms with E-state index in [-0.39, 0.29) is 53.0 Å². The number of aryl methyl sites for hydroxylation is 1. The van der Waals surface area contributed by atoms with E-state index in [0.29, 0.717) is 53.6 Å². The number of nitrogens with one attached hydrogen (secondary N) is 2. The Hall–Kier alpha value is -4.96. The average molecular weight is 823 g/mol. The van der Waals surface area contributed by atoms with Crippen LogP contribution in [-0.4, -0.2) is 97.6 Å². The zero-order valence-corrected chi connectivity index (χ0v) is 35.3. The lowest BCUT2D eigenvalue weighted by Gasteiger charge is -2.63. The van der Waals surface area contributed by atoms with Crippen LogP contribution in [0.2, 0.25) is 5.02 Å². The predicted molar refractivity (Wildman–Crippen MR) is 225 cm³/mol. The molecule has 1 atom stereocenters. The van der Waals surface area contributed by atoms with Crippen LogP contribution in [0.25, 0.3) is 0 Å². The number of nitrogens with zero attached hydrogens (tertiary/aromatic N) is 4. The van der Waals surface area contributed by atoms with E-state index in [1.54, 1.807) is 23.1 Å². The van der Waals surface area contributed by atoms with E-state index in [9.17, 15) is 24.4 Å². The van der Waals surface area contributed by atoms with Gasteiger partial charge in [0.25, 0.3) is 11.8 Å². The summed E-state index contributed by atoms with van der Waals surface area (Å²) >= 11 is 6.25. The highest BCUT2D eigenvalue weighted by molar-refractivity contribution is 6.31. The van der Waals surface area contributed by atoms with Gasteiger partial charge in [-0.2, -0.15) is 5.26 Å². The van der Waals surface area contributed by atoms with E-state index in [2.05, 4.69) is 60.3 Å². The molecular weight excluding hydrogens is 768 g/mol. The quantitative estimate of drug-likeness (QED) is 0.137. The van der Waals surface area contributed by atoms with Crippen LogP contribution in [0.1, 0.15) is 97.2 Å². The molecule has 1 saturated carbocycles. The first-order valence-electron chi connectivity index (χ1n) is 20.9. The standard InChI is InChI=1S/C46H55ClN6O6/c1-45(2)43(46(3,4)44(45)59-34-17-14-32(28-48)37(47)27-34)50-40(55)31-12-15-33(16-13-31)52-22-20-51(21-23-52)24-26-58-25-7-5-6-9-30-10-8-11-35-36(30)29-53(42(35)57)38-18-19-39(54)49-41(38)56/h8,10-17,27,38,43-44H,5-7,9,18-26,29H2,1-4H3,(H,50,55)(H,49,54,56)/t38-,43?,44?/m1/s1. The number of benzene rings is 3. The summed E-state index contributed by atoms with van der Waals surface area (Å²) in [6.45, 7) is 14.8.